The molecule has 2 aromatic rings. The summed E-state index contributed by atoms with van der Waals surface area (Å²) in [5.41, 5.74) is 6.54. The van der Waals surface area contributed by atoms with E-state index in [2.05, 4.69) is 5.32 Å². The maximum absolute atomic E-state index is 11.9. The van der Waals surface area contributed by atoms with Crippen molar-refractivity contribution in [3.8, 4) is 0 Å². The van der Waals surface area contributed by atoms with Crippen LogP contribution in [0.1, 0.15) is 24.9 Å². The van der Waals surface area contributed by atoms with Crippen LogP contribution < -0.4 is 11.1 Å². The summed E-state index contributed by atoms with van der Waals surface area (Å²) in [6.45, 7) is 1.85. The van der Waals surface area contributed by atoms with E-state index in [4.69, 9.17) is 10.8 Å². The second kappa shape index (κ2) is 6.37. The van der Waals surface area contributed by atoms with Crippen molar-refractivity contribution >= 4 is 22.6 Å². The van der Waals surface area contributed by atoms with Crippen LogP contribution in [0.3, 0.4) is 0 Å². The number of aliphatic carboxylic acids is 1. The van der Waals surface area contributed by atoms with Gasteiger partial charge in [0.2, 0.25) is 5.91 Å². The number of rotatable bonds is 5. The highest BCUT2D eigenvalue weighted by Crippen LogP contribution is 2.24. The van der Waals surface area contributed by atoms with Gasteiger partial charge in [-0.15, -0.1) is 0 Å². The number of carboxylic acid groups (broad SMARTS) is 1. The standard InChI is InChI=1S/C16H18N2O3/c1-10(18-16(21)14(17)9-15(19)20)12-8-4-6-11-5-2-3-7-13(11)12/h2-8,10,14H,9,17H2,1H3,(H,18,21)(H,19,20)/t10-,14+/m0/s1. The molecule has 2 rings (SSSR count). The Balaban J connectivity index is 2.17. The highest BCUT2D eigenvalue weighted by Gasteiger charge is 2.19. The second-order valence-electron chi connectivity index (χ2n) is 5.00. The fourth-order valence-corrected chi connectivity index (χ4v) is 2.31. The number of carboxylic acids is 1. The Morgan fingerprint density at radius 2 is 1.86 bits per heavy atom. The van der Waals surface area contributed by atoms with Gasteiger partial charge >= 0.3 is 5.97 Å². The Hall–Kier alpha value is -2.40. The van der Waals surface area contributed by atoms with Gasteiger partial charge in [0.1, 0.15) is 0 Å². The zero-order chi connectivity index (χ0) is 15.4. The maximum atomic E-state index is 11.9. The van der Waals surface area contributed by atoms with Crippen LogP contribution in [-0.2, 0) is 9.59 Å². The molecule has 5 heteroatoms. The molecule has 0 aliphatic rings. The average molecular weight is 286 g/mol. The van der Waals surface area contributed by atoms with Crippen LogP contribution in [0.4, 0.5) is 0 Å². The zero-order valence-corrected chi connectivity index (χ0v) is 11.7. The molecule has 2 aromatic carbocycles. The van der Waals surface area contributed by atoms with Crippen LogP contribution in [-0.4, -0.2) is 23.0 Å². The Bertz CT molecular complexity index is 664. The van der Waals surface area contributed by atoms with Crippen LogP contribution in [0.15, 0.2) is 42.5 Å². The van der Waals surface area contributed by atoms with Crippen molar-refractivity contribution in [3.05, 3.63) is 48.0 Å². The van der Waals surface area contributed by atoms with Gasteiger partial charge in [0, 0.05) is 0 Å². The lowest BCUT2D eigenvalue weighted by Crippen LogP contribution is -2.42. The lowest BCUT2D eigenvalue weighted by molar-refractivity contribution is -0.139. The molecule has 0 heterocycles. The minimum Gasteiger partial charge on any atom is -0.481 e. The highest BCUT2D eigenvalue weighted by molar-refractivity contribution is 5.88. The first-order chi connectivity index (χ1) is 9.99. The Labute approximate surface area is 122 Å². The number of nitrogens with two attached hydrogens (primary N) is 1. The van der Waals surface area contributed by atoms with Crippen molar-refractivity contribution in [2.24, 2.45) is 5.73 Å². The van der Waals surface area contributed by atoms with Crippen LogP contribution >= 0.6 is 0 Å². The number of benzene rings is 2. The molecule has 0 spiro atoms. The van der Waals surface area contributed by atoms with Crippen LogP contribution in [0.25, 0.3) is 10.8 Å². The number of fused-ring (bicyclic) bond motifs is 1. The molecule has 1 amide bonds. The fraction of sp³-hybridized carbons (Fsp3) is 0.250. The zero-order valence-electron chi connectivity index (χ0n) is 11.7. The molecule has 0 bridgehead atoms. The van der Waals surface area contributed by atoms with E-state index >= 15 is 0 Å². The maximum Gasteiger partial charge on any atom is 0.305 e. The van der Waals surface area contributed by atoms with Crippen molar-refractivity contribution in [2.75, 3.05) is 0 Å². The van der Waals surface area contributed by atoms with Crippen molar-refractivity contribution in [3.63, 3.8) is 0 Å². The monoisotopic (exact) mass is 286 g/mol. The third-order valence-corrected chi connectivity index (χ3v) is 3.38. The van der Waals surface area contributed by atoms with Crippen LogP contribution in [0, 0.1) is 0 Å². The molecule has 0 unspecified atom stereocenters. The van der Waals surface area contributed by atoms with E-state index in [9.17, 15) is 9.59 Å². The van der Waals surface area contributed by atoms with Gasteiger partial charge in [-0.05, 0) is 23.3 Å². The Morgan fingerprint density at radius 3 is 2.57 bits per heavy atom. The summed E-state index contributed by atoms with van der Waals surface area (Å²) in [7, 11) is 0. The molecular formula is C16H18N2O3. The fourth-order valence-electron chi connectivity index (χ4n) is 2.31. The first kappa shape index (κ1) is 15.0. The van der Waals surface area contributed by atoms with Gasteiger partial charge in [0.25, 0.3) is 0 Å². The molecule has 4 N–H and O–H groups in total. The van der Waals surface area contributed by atoms with Gasteiger partial charge in [-0.3, -0.25) is 9.59 Å². The summed E-state index contributed by atoms with van der Waals surface area (Å²) < 4.78 is 0. The van der Waals surface area contributed by atoms with Crippen molar-refractivity contribution in [1.29, 1.82) is 0 Å². The number of carbonyl (C=O) groups is 2. The van der Waals surface area contributed by atoms with E-state index in [-0.39, 0.29) is 12.5 Å². The summed E-state index contributed by atoms with van der Waals surface area (Å²) >= 11 is 0. The summed E-state index contributed by atoms with van der Waals surface area (Å²) in [5, 5.41) is 13.6. The number of amides is 1. The van der Waals surface area contributed by atoms with Crippen LogP contribution in [0.5, 0.6) is 0 Å². The molecule has 0 fully saturated rings. The lowest BCUT2D eigenvalue weighted by atomic mass is 9.99. The molecule has 2 atom stereocenters. The van der Waals surface area contributed by atoms with E-state index in [1.54, 1.807) is 0 Å². The van der Waals surface area contributed by atoms with Gasteiger partial charge < -0.3 is 16.2 Å². The SMILES string of the molecule is C[C@H](NC(=O)[C@H](N)CC(=O)O)c1cccc2ccccc12. The van der Waals surface area contributed by atoms with Crippen molar-refractivity contribution < 1.29 is 14.7 Å². The predicted molar refractivity (Wildman–Crippen MR) is 80.7 cm³/mol. The molecule has 0 saturated heterocycles. The summed E-state index contributed by atoms with van der Waals surface area (Å²) in [4.78, 5) is 22.5. The number of nitrogens with one attached hydrogen (secondary N) is 1. The largest absolute Gasteiger partial charge is 0.481 e. The number of hydrogen-bond donors (Lipinski definition) is 3. The van der Waals surface area contributed by atoms with E-state index in [1.807, 2.05) is 49.4 Å². The quantitative estimate of drug-likeness (QED) is 0.781. The van der Waals surface area contributed by atoms with Crippen molar-refractivity contribution in [2.45, 2.75) is 25.4 Å². The number of carbonyl (C=O) groups excluding carboxylic acids is 1. The minimum absolute atomic E-state index is 0.247. The Kier molecular flexibility index (Phi) is 4.55. The molecular weight excluding hydrogens is 268 g/mol. The van der Waals surface area contributed by atoms with E-state index in [1.165, 1.54) is 0 Å². The topological polar surface area (TPSA) is 92.4 Å². The highest BCUT2D eigenvalue weighted by atomic mass is 16.4. The van der Waals surface area contributed by atoms with Gasteiger partial charge in [-0.1, -0.05) is 42.5 Å². The third kappa shape index (κ3) is 3.58. The normalized spacial score (nSPS) is 13.6. The molecule has 5 nitrogen and oxygen atoms in total. The van der Waals surface area contributed by atoms with Gasteiger partial charge in [0.05, 0.1) is 18.5 Å². The van der Waals surface area contributed by atoms with E-state index in [0.717, 1.165) is 16.3 Å². The molecule has 0 aliphatic carbocycles. The van der Waals surface area contributed by atoms with E-state index in [0.29, 0.717) is 0 Å². The minimum atomic E-state index is -1.09. The first-order valence-electron chi connectivity index (χ1n) is 6.74. The van der Waals surface area contributed by atoms with Gasteiger partial charge in [0.15, 0.2) is 0 Å². The number of hydrogen-bond acceptors (Lipinski definition) is 3. The molecule has 0 aliphatic heterocycles. The van der Waals surface area contributed by atoms with Gasteiger partial charge in [-0.2, -0.15) is 0 Å². The molecule has 0 aromatic heterocycles. The van der Waals surface area contributed by atoms with Crippen LogP contribution in [0.2, 0.25) is 0 Å². The summed E-state index contributed by atoms with van der Waals surface area (Å²) in [5.74, 6) is -1.55. The lowest BCUT2D eigenvalue weighted by Gasteiger charge is -2.18. The molecule has 0 radical (unpaired) electrons. The summed E-state index contributed by atoms with van der Waals surface area (Å²) in [6.07, 6.45) is -0.381. The first-order valence-corrected chi connectivity index (χ1v) is 6.74. The third-order valence-electron chi connectivity index (χ3n) is 3.38. The summed E-state index contributed by atoms with van der Waals surface area (Å²) in [6, 6.07) is 12.5. The average Bonchev–Trinajstić information content (AvgIpc) is 2.45. The molecule has 110 valence electrons. The van der Waals surface area contributed by atoms with E-state index < -0.39 is 17.9 Å². The van der Waals surface area contributed by atoms with Crippen molar-refractivity contribution in [1.82, 2.24) is 5.32 Å². The smallest absolute Gasteiger partial charge is 0.305 e. The second-order valence-corrected chi connectivity index (χ2v) is 5.00. The predicted octanol–water partition coefficient (Wildman–Crippen LogP) is 1.82. The Morgan fingerprint density at radius 1 is 1.19 bits per heavy atom. The van der Waals surface area contributed by atoms with Gasteiger partial charge in [-0.25, -0.2) is 0 Å². The molecule has 21 heavy (non-hydrogen) atoms. The molecule has 0 saturated carbocycles.